The topological polar surface area (TPSA) is 96.4 Å². The van der Waals surface area contributed by atoms with Gasteiger partial charge in [0.1, 0.15) is 6.10 Å². The van der Waals surface area contributed by atoms with Gasteiger partial charge in [-0.05, 0) is 29.6 Å². The Bertz CT molecular complexity index is 1030. The van der Waals surface area contributed by atoms with Crippen molar-refractivity contribution in [2.24, 2.45) is 0 Å². The molecule has 8 nitrogen and oxygen atoms in total. The summed E-state index contributed by atoms with van der Waals surface area (Å²) in [5.41, 5.74) is 1.69. The van der Waals surface area contributed by atoms with Crippen LogP contribution >= 0.6 is 11.3 Å². The molecule has 3 aromatic rings. The first-order chi connectivity index (χ1) is 14.7. The average molecular weight is 423 g/mol. The summed E-state index contributed by atoms with van der Waals surface area (Å²) in [6.07, 6.45) is 2.97. The number of nitrogens with one attached hydrogen (secondary N) is 2. The van der Waals surface area contributed by atoms with Crippen LogP contribution in [0.25, 0.3) is 0 Å². The van der Waals surface area contributed by atoms with E-state index in [-0.39, 0.29) is 24.5 Å². The first-order valence-electron chi connectivity index (χ1n) is 9.44. The number of rotatable bonds is 7. The van der Waals surface area contributed by atoms with E-state index < -0.39 is 0 Å². The quantitative estimate of drug-likeness (QED) is 0.606. The average Bonchev–Trinajstić information content (AvgIpc) is 3.31. The monoisotopic (exact) mass is 423 g/mol. The lowest BCUT2D eigenvalue weighted by molar-refractivity contribution is -0.117. The fraction of sp³-hybridized carbons (Fsp3) is 0.238. The molecule has 0 bridgehead atoms. The number of ether oxygens (including phenoxy) is 1. The maximum Gasteiger partial charge on any atom is 0.253 e. The molecule has 0 saturated heterocycles. The minimum atomic E-state index is -0.278. The van der Waals surface area contributed by atoms with Gasteiger partial charge in [0.25, 0.3) is 5.91 Å². The van der Waals surface area contributed by atoms with Crippen molar-refractivity contribution in [2.75, 3.05) is 30.4 Å². The van der Waals surface area contributed by atoms with Gasteiger partial charge in [0.05, 0.1) is 30.0 Å². The van der Waals surface area contributed by atoms with Gasteiger partial charge in [-0.15, -0.1) is 11.3 Å². The first kappa shape index (κ1) is 20.0. The molecule has 2 amide bonds. The summed E-state index contributed by atoms with van der Waals surface area (Å²) in [6.45, 7) is 0.793. The van der Waals surface area contributed by atoms with E-state index in [0.717, 1.165) is 10.6 Å². The Morgan fingerprint density at radius 1 is 1.33 bits per heavy atom. The van der Waals surface area contributed by atoms with Crippen LogP contribution in [0.4, 0.5) is 11.5 Å². The van der Waals surface area contributed by atoms with Crippen LogP contribution in [0, 0.1) is 0 Å². The Morgan fingerprint density at radius 3 is 2.97 bits per heavy atom. The van der Waals surface area contributed by atoms with Crippen molar-refractivity contribution >= 4 is 34.7 Å². The molecule has 2 N–H and O–H groups in total. The normalized spacial score (nSPS) is 14.0. The van der Waals surface area contributed by atoms with Crippen LogP contribution < -0.4 is 15.5 Å². The van der Waals surface area contributed by atoms with Gasteiger partial charge in [-0.1, -0.05) is 12.1 Å². The minimum absolute atomic E-state index is 0.107. The second-order valence-corrected chi connectivity index (χ2v) is 7.68. The molecule has 1 unspecified atom stereocenters. The summed E-state index contributed by atoms with van der Waals surface area (Å²) < 4.78 is 5.48. The summed E-state index contributed by atoms with van der Waals surface area (Å²) in [5.74, 6) is 0.180. The zero-order valence-electron chi connectivity index (χ0n) is 16.4. The van der Waals surface area contributed by atoms with Gasteiger partial charge >= 0.3 is 0 Å². The number of carbonyl (C=O) groups excluding carboxylic acids is 2. The summed E-state index contributed by atoms with van der Waals surface area (Å²) in [5, 5.41) is 7.86. The number of amides is 2. The van der Waals surface area contributed by atoms with Gasteiger partial charge in [0, 0.05) is 30.9 Å². The van der Waals surface area contributed by atoms with E-state index in [0.29, 0.717) is 30.2 Å². The van der Waals surface area contributed by atoms with Crippen molar-refractivity contribution in [3.05, 3.63) is 70.3 Å². The summed E-state index contributed by atoms with van der Waals surface area (Å²) >= 11 is 1.58. The third-order valence-electron chi connectivity index (χ3n) is 4.77. The maximum atomic E-state index is 12.7. The second kappa shape index (κ2) is 9.02. The number of pyridine rings is 2. The standard InChI is InChI=1S/C21H21N5O3S/c1-29-17(18-6-4-8-30-18)11-25-21(28)14-9-16-20(23-10-14)24-12-19(27)26(16)13-15-5-2-3-7-22-15/h2-10,17H,11-13H2,1H3,(H,23,24)(H,25,28). The highest BCUT2D eigenvalue weighted by Gasteiger charge is 2.26. The Balaban J connectivity index is 1.51. The Labute approximate surface area is 177 Å². The molecule has 4 rings (SSSR count). The summed E-state index contributed by atoms with van der Waals surface area (Å²) in [7, 11) is 1.61. The lowest BCUT2D eigenvalue weighted by Gasteiger charge is -2.29. The second-order valence-electron chi connectivity index (χ2n) is 6.70. The summed E-state index contributed by atoms with van der Waals surface area (Å²) in [6, 6.07) is 11.1. The molecule has 1 aliphatic rings. The first-order valence-corrected chi connectivity index (χ1v) is 10.3. The minimum Gasteiger partial charge on any atom is -0.374 e. The number of hydrogen-bond donors (Lipinski definition) is 2. The SMILES string of the molecule is COC(CNC(=O)c1cnc2c(c1)N(Cc1ccccn1)C(=O)CN2)c1cccs1. The highest BCUT2D eigenvalue weighted by Crippen LogP contribution is 2.29. The molecule has 0 aromatic carbocycles. The number of anilines is 2. The van der Waals surface area contributed by atoms with Crippen LogP contribution in [0.2, 0.25) is 0 Å². The fourth-order valence-corrected chi connectivity index (χ4v) is 4.00. The predicted octanol–water partition coefficient (Wildman–Crippen LogP) is 2.61. The number of fused-ring (bicyclic) bond motifs is 1. The van der Waals surface area contributed by atoms with Crippen molar-refractivity contribution in [3.8, 4) is 0 Å². The van der Waals surface area contributed by atoms with Gasteiger partial charge in [-0.3, -0.25) is 14.6 Å². The zero-order valence-corrected chi connectivity index (χ0v) is 17.2. The molecule has 154 valence electrons. The van der Waals surface area contributed by atoms with Crippen LogP contribution in [0.5, 0.6) is 0 Å². The molecule has 0 radical (unpaired) electrons. The number of methoxy groups -OCH3 is 1. The smallest absolute Gasteiger partial charge is 0.253 e. The lowest BCUT2D eigenvalue weighted by Crippen LogP contribution is -2.40. The maximum absolute atomic E-state index is 12.7. The molecule has 0 fully saturated rings. The van der Waals surface area contributed by atoms with Crippen LogP contribution in [-0.2, 0) is 16.1 Å². The van der Waals surface area contributed by atoms with Crippen LogP contribution in [0.1, 0.15) is 27.0 Å². The third kappa shape index (κ3) is 4.32. The zero-order chi connectivity index (χ0) is 20.9. The molecule has 9 heteroatoms. The Hall–Kier alpha value is -3.30. The van der Waals surface area contributed by atoms with Crippen LogP contribution in [-0.4, -0.2) is 42.0 Å². The molecule has 4 heterocycles. The third-order valence-corrected chi connectivity index (χ3v) is 5.73. The van der Waals surface area contributed by atoms with E-state index in [1.807, 2.05) is 35.7 Å². The van der Waals surface area contributed by atoms with Crippen molar-refractivity contribution in [1.82, 2.24) is 15.3 Å². The molecule has 0 spiro atoms. The van der Waals surface area contributed by atoms with Crippen molar-refractivity contribution in [2.45, 2.75) is 12.6 Å². The molecule has 30 heavy (non-hydrogen) atoms. The number of aromatic nitrogens is 2. The van der Waals surface area contributed by atoms with E-state index in [9.17, 15) is 9.59 Å². The van der Waals surface area contributed by atoms with Gasteiger partial charge in [0.2, 0.25) is 5.91 Å². The molecule has 1 aliphatic heterocycles. The van der Waals surface area contributed by atoms with Crippen molar-refractivity contribution < 1.29 is 14.3 Å². The van der Waals surface area contributed by atoms with E-state index in [4.69, 9.17) is 4.74 Å². The fourth-order valence-electron chi connectivity index (χ4n) is 3.20. The van der Waals surface area contributed by atoms with Gasteiger partial charge in [-0.2, -0.15) is 0 Å². The van der Waals surface area contributed by atoms with Crippen molar-refractivity contribution in [1.29, 1.82) is 0 Å². The highest BCUT2D eigenvalue weighted by atomic mass is 32.1. The van der Waals surface area contributed by atoms with E-state index in [1.54, 1.807) is 35.6 Å². The highest BCUT2D eigenvalue weighted by molar-refractivity contribution is 7.10. The van der Waals surface area contributed by atoms with Gasteiger partial charge < -0.3 is 20.3 Å². The molecule has 0 saturated carbocycles. The van der Waals surface area contributed by atoms with Crippen LogP contribution in [0.15, 0.2) is 54.2 Å². The molecule has 0 aliphatic carbocycles. The lowest BCUT2D eigenvalue weighted by atomic mass is 10.1. The molecular formula is C21H21N5O3S. The molecule has 1 atom stereocenters. The number of nitrogens with zero attached hydrogens (tertiary/aromatic N) is 3. The van der Waals surface area contributed by atoms with E-state index >= 15 is 0 Å². The largest absolute Gasteiger partial charge is 0.374 e. The van der Waals surface area contributed by atoms with Gasteiger partial charge in [0.15, 0.2) is 5.82 Å². The number of hydrogen-bond acceptors (Lipinski definition) is 7. The number of carbonyl (C=O) groups is 2. The van der Waals surface area contributed by atoms with E-state index in [2.05, 4.69) is 20.6 Å². The van der Waals surface area contributed by atoms with Crippen LogP contribution in [0.3, 0.4) is 0 Å². The van der Waals surface area contributed by atoms with E-state index in [1.165, 1.54) is 6.20 Å². The number of thiophene rings is 1. The molecular weight excluding hydrogens is 402 g/mol. The molecule has 3 aromatic heterocycles. The Kier molecular flexibility index (Phi) is 6.01. The van der Waals surface area contributed by atoms with Crippen molar-refractivity contribution in [3.63, 3.8) is 0 Å². The predicted molar refractivity (Wildman–Crippen MR) is 115 cm³/mol. The van der Waals surface area contributed by atoms with Gasteiger partial charge in [-0.25, -0.2) is 4.98 Å². The Morgan fingerprint density at radius 2 is 2.23 bits per heavy atom. The summed E-state index contributed by atoms with van der Waals surface area (Å²) in [4.78, 5) is 36.5.